The monoisotopic (exact) mass is 253 g/mol. The van der Waals surface area contributed by atoms with Crippen LogP contribution in [-0.4, -0.2) is 0 Å². The number of hydrogen-bond donors (Lipinski definition) is 1. The fourth-order valence-corrected chi connectivity index (χ4v) is 2.39. The van der Waals surface area contributed by atoms with Crippen LogP contribution in [0.25, 0.3) is 0 Å². The van der Waals surface area contributed by atoms with E-state index in [2.05, 4.69) is 26.8 Å². The Morgan fingerprint density at radius 1 is 0.944 bits per heavy atom. The highest BCUT2D eigenvalue weighted by Crippen LogP contribution is 2.21. The van der Waals surface area contributed by atoms with E-state index >= 15 is 0 Å². The van der Waals surface area contributed by atoms with Crippen LogP contribution in [-0.2, 0) is 0 Å². The summed E-state index contributed by atoms with van der Waals surface area (Å²) in [6, 6.07) is 0. The fourth-order valence-electron chi connectivity index (χ4n) is 2.39. The molecule has 0 heterocycles. The molecular formula is C17H35N. The molecule has 0 aromatic heterocycles. The van der Waals surface area contributed by atoms with Crippen LogP contribution in [0.4, 0.5) is 0 Å². The largest absolute Gasteiger partial charge is 0.402 e. The van der Waals surface area contributed by atoms with E-state index in [1.54, 1.807) is 0 Å². The molecular weight excluding hydrogens is 218 g/mol. The Kier molecular flexibility index (Phi) is 12.7. The second-order valence-electron chi connectivity index (χ2n) is 5.58. The third-order valence-corrected chi connectivity index (χ3v) is 3.83. The van der Waals surface area contributed by atoms with Gasteiger partial charge >= 0.3 is 0 Å². The van der Waals surface area contributed by atoms with Crippen molar-refractivity contribution in [3.8, 4) is 0 Å². The zero-order valence-electron chi connectivity index (χ0n) is 13.0. The third-order valence-electron chi connectivity index (χ3n) is 3.83. The van der Waals surface area contributed by atoms with Crippen molar-refractivity contribution in [1.29, 1.82) is 0 Å². The minimum Gasteiger partial charge on any atom is -0.402 e. The van der Waals surface area contributed by atoms with Gasteiger partial charge in [-0.05, 0) is 25.2 Å². The standard InChI is InChI=1S/C17H35N/c1-4-7-9-10-11-12-16(6-3)14-15-17(18)13-8-5-2/h13,16H,4-12,14-15,18H2,1-3H3/b17-13+. The van der Waals surface area contributed by atoms with Gasteiger partial charge in [0.15, 0.2) is 0 Å². The van der Waals surface area contributed by atoms with E-state index in [9.17, 15) is 0 Å². The summed E-state index contributed by atoms with van der Waals surface area (Å²) in [7, 11) is 0. The molecule has 1 nitrogen and oxygen atoms in total. The first-order valence-corrected chi connectivity index (χ1v) is 8.19. The molecule has 0 amide bonds. The SMILES string of the molecule is CCC/C=C(/N)CCC(CC)CCCCCCC. The molecule has 0 aliphatic carbocycles. The molecule has 0 bridgehead atoms. The first-order chi connectivity index (χ1) is 8.74. The van der Waals surface area contributed by atoms with Gasteiger partial charge < -0.3 is 5.73 Å². The lowest BCUT2D eigenvalue weighted by Crippen LogP contribution is -2.04. The second kappa shape index (κ2) is 13.0. The van der Waals surface area contributed by atoms with Crippen molar-refractivity contribution in [2.45, 2.75) is 91.4 Å². The Balaban J connectivity index is 3.63. The lowest BCUT2D eigenvalue weighted by atomic mass is 9.93. The van der Waals surface area contributed by atoms with Crippen LogP contribution < -0.4 is 5.73 Å². The van der Waals surface area contributed by atoms with Crippen LogP contribution in [0.2, 0.25) is 0 Å². The molecule has 0 aliphatic rings. The zero-order valence-corrected chi connectivity index (χ0v) is 13.0. The lowest BCUT2D eigenvalue weighted by molar-refractivity contribution is 0.411. The van der Waals surface area contributed by atoms with E-state index in [0.29, 0.717) is 0 Å². The van der Waals surface area contributed by atoms with E-state index in [-0.39, 0.29) is 0 Å². The van der Waals surface area contributed by atoms with Crippen molar-refractivity contribution >= 4 is 0 Å². The second-order valence-corrected chi connectivity index (χ2v) is 5.58. The fraction of sp³-hybridized carbons (Fsp3) is 0.882. The molecule has 0 aromatic rings. The molecule has 0 fully saturated rings. The summed E-state index contributed by atoms with van der Waals surface area (Å²) in [6.07, 6.45) is 16.7. The van der Waals surface area contributed by atoms with Crippen molar-refractivity contribution in [2.75, 3.05) is 0 Å². The van der Waals surface area contributed by atoms with Gasteiger partial charge in [0.25, 0.3) is 0 Å². The van der Waals surface area contributed by atoms with Crippen molar-refractivity contribution in [1.82, 2.24) is 0 Å². The molecule has 0 spiro atoms. The van der Waals surface area contributed by atoms with Crippen LogP contribution in [0, 0.1) is 5.92 Å². The number of allylic oxidation sites excluding steroid dienone is 2. The van der Waals surface area contributed by atoms with E-state index in [0.717, 1.165) is 24.5 Å². The van der Waals surface area contributed by atoms with Crippen LogP contribution in [0.15, 0.2) is 11.8 Å². The average molecular weight is 253 g/mol. The van der Waals surface area contributed by atoms with Crippen molar-refractivity contribution in [2.24, 2.45) is 11.7 Å². The predicted molar refractivity (Wildman–Crippen MR) is 83.6 cm³/mol. The van der Waals surface area contributed by atoms with E-state index in [1.807, 2.05) is 0 Å². The molecule has 0 saturated heterocycles. The molecule has 0 radical (unpaired) electrons. The highest BCUT2D eigenvalue weighted by molar-refractivity contribution is 4.96. The lowest BCUT2D eigenvalue weighted by Gasteiger charge is -2.14. The minimum absolute atomic E-state index is 0.889. The van der Waals surface area contributed by atoms with Gasteiger partial charge in [-0.3, -0.25) is 0 Å². The highest BCUT2D eigenvalue weighted by atomic mass is 14.6. The van der Waals surface area contributed by atoms with Gasteiger partial charge in [0.1, 0.15) is 0 Å². The summed E-state index contributed by atoms with van der Waals surface area (Å²) >= 11 is 0. The Bertz CT molecular complexity index is 196. The molecule has 2 N–H and O–H groups in total. The molecule has 1 unspecified atom stereocenters. The Labute approximate surface area is 115 Å². The smallest absolute Gasteiger partial charge is 0.00400 e. The highest BCUT2D eigenvalue weighted by Gasteiger charge is 2.06. The summed E-state index contributed by atoms with van der Waals surface area (Å²) in [6.45, 7) is 6.80. The van der Waals surface area contributed by atoms with E-state index in [4.69, 9.17) is 5.73 Å². The maximum absolute atomic E-state index is 6.02. The van der Waals surface area contributed by atoms with Gasteiger partial charge in [-0.1, -0.05) is 78.2 Å². The van der Waals surface area contributed by atoms with Crippen LogP contribution in [0.5, 0.6) is 0 Å². The molecule has 108 valence electrons. The Morgan fingerprint density at radius 2 is 1.67 bits per heavy atom. The molecule has 1 atom stereocenters. The van der Waals surface area contributed by atoms with Crippen LogP contribution >= 0.6 is 0 Å². The van der Waals surface area contributed by atoms with Gasteiger partial charge in [0.2, 0.25) is 0 Å². The van der Waals surface area contributed by atoms with E-state index < -0.39 is 0 Å². The van der Waals surface area contributed by atoms with Crippen molar-refractivity contribution in [3.05, 3.63) is 11.8 Å². The summed E-state index contributed by atoms with van der Waals surface area (Å²) in [5.74, 6) is 0.889. The maximum atomic E-state index is 6.02. The summed E-state index contributed by atoms with van der Waals surface area (Å²) in [5.41, 5.74) is 7.13. The summed E-state index contributed by atoms with van der Waals surface area (Å²) in [4.78, 5) is 0. The minimum atomic E-state index is 0.889. The van der Waals surface area contributed by atoms with Crippen molar-refractivity contribution < 1.29 is 0 Å². The number of hydrogen-bond acceptors (Lipinski definition) is 1. The number of unbranched alkanes of at least 4 members (excludes halogenated alkanes) is 5. The molecule has 1 heteroatoms. The average Bonchev–Trinajstić information content (AvgIpc) is 2.39. The molecule has 0 aromatic carbocycles. The van der Waals surface area contributed by atoms with Crippen LogP contribution in [0.3, 0.4) is 0 Å². The third kappa shape index (κ3) is 10.7. The van der Waals surface area contributed by atoms with Gasteiger partial charge in [-0.15, -0.1) is 0 Å². The normalized spacial score (nSPS) is 13.8. The number of nitrogens with two attached hydrogens (primary N) is 1. The Hall–Kier alpha value is -0.460. The number of rotatable bonds is 12. The molecule has 0 saturated carbocycles. The summed E-state index contributed by atoms with van der Waals surface area (Å²) in [5, 5.41) is 0. The topological polar surface area (TPSA) is 26.0 Å². The first kappa shape index (κ1) is 17.5. The van der Waals surface area contributed by atoms with Crippen LogP contribution in [0.1, 0.15) is 91.4 Å². The first-order valence-electron chi connectivity index (χ1n) is 8.19. The zero-order chi connectivity index (χ0) is 13.6. The molecule has 18 heavy (non-hydrogen) atoms. The quantitative estimate of drug-likeness (QED) is 0.437. The van der Waals surface area contributed by atoms with Gasteiger partial charge in [-0.25, -0.2) is 0 Å². The van der Waals surface area contributed by atoms with Gasteiger partial charge in [0.05, 0.1) is 0 Å². The predicted octanol–water partition coefficient (Wildman–Crippen LogP) is 5.80. The van der Waals surface area contributed by atoms with Gasteiger partial charge in [-0.2, -0.15) is 0 Å². The van der Waals surface area contributed by atoms with E-state index in [1.165, 1.54) is 57.8 Å². The molecule has 0 aliphatic heterocycles. The van der Waals surface area contributed by atoms with Crippen molar-refractivity contribution in [3.63, 3.8) is 0 Å². The maximum Gasteiger partial charge on any atom is 0.00400 e. The molecule has 0 rings (SSSR count). The van der Waals surface area contributed by atoms with Gasteiger partial charge in [0, 0.05) is 5.70 Å². The summed E-state index contributed by atoms with van der Waals surface area (Å²) < 4.78 is 0. The Morgan fingerprint density at radius 3 is 2.28 bits per heavy atom.